The zero-order valence-corrected chi connectivity index (χ0v) is 14.4. The molecule has 0 spiro atoms. The van der Waals surface area contributed by atoms with Crippen LogP contribution in [-0.2, 0) is 9.53 Å². The summed E-state index contributed by atoms with van der Waals surface area (Å²) in [7, 11) is 1.55. The van der Waals surface area contributed by atoms with Gasteiger partial charge in [0, 0.05) is 33.2 Å². The van der Waals surface area contributed by atoms with Gasteiger partial charge in [0.15, 0.2) is 23.4 Å². The third kappa shape index (κ3) is 5.88. The Kier molecular flexibility index (Phi) is 7.67. The Hall–Kier alpha value is -2.33. The molecule has 0 unspecified atom stereocenters. The first-order valence-electron chi connectivity index (χ1n) is 8.19. The van der Waals surface area contributed by atoms with Crippen molar-refractivity contribution in [3.8, 4) is 0 Å². The third-order valence-electron chi connectivity index (χ3n) is 3.77. The minimum absolute atomic E-state index is 0.213. The topological polar surface area (TPSA) is 78.0 Å². The van der Waals surface area contributed by atoms with Crippen LogP contribution in [0.5, 0.6) is 0 Å². The molecule has 26 heavy (non-hydrogen) atoms. The van der Waals surface area contributed by atoms with E-state index >= 15 is 0 Å². The Bertz CT molecular complexity index is 651. The maximum absolute atomic E-state index is 13.5. The van der Waals surface area contributed by atoms with Crippen LogP contribution >= 0.6 is 0 Å². The molecule has 1 saturated heterocycles. The smallest absolute Gasteiger partial charge is 0.243 e. The van der Waals surface area contributed by atoms with Crippen molar-refractivity contribution in [2.75, 3.05) is 58.3 Å². The molecule has 0 aliphatic carbocycles. The molecule has 1 aliphatic rings. The number of carbonyl (C=O) groups excluding carboxylic acids is 1. The Morgan fingerprint density at radius 2 is 1.92 bits per heavy atom. The Morgan fingerprint density at radius 1 is 1.19 bits per heavy atom. The van der Waals surface area contributed by atoms with Gasteiger partial charge in [0.2, 0.25) is 5.91 Å². The van der Waals surface area contributed by atoms with E-state index in [9.17, 15) is 18.0 Å². The quantitative estimate of drug-likeness (QED) is 0.385. The van der Waals surface area contributed by atoms with Crippen LogP contribution in [0.3, 0.4) is 0 Å². The second-order valence-corrected chi connectivity index (χ2v) is 5.58. The van der Waals surface area contributed by atoms with Gasteiger partial charge in [-0.25, -0.2) is 13.2 Å². The number of nitrogens with zero attached hydrogens (tertiary/aromatic N) is 2. The van der Waals surface area contributed by atoms with Crippen molar-refractivity contribution >= 4 is 17.6 Å². The van der Waals surface area contributed by atoms with Crippen molar-refractivity contribution in [3.05, 3.63) is 29.6 Å². The number of amides is 1. The lowest BCUT2D eigenvalue weighted by molar-refractivity contribution is -0.115. The molecular weight excluding hydrogens is 351 g/mol. The maximum atomic E-state index is 13.5. The number of hydrogen-bond donors (Lipinski definition) is 3. The van der Waals surface area contributed by atoms with E-state index < -0.39 is 29.0 Å². The summed E-state index contributed by atoms with van der Waals surface area (Å²) in [5.41, 5.74) is -0.425. The van der Waals surface area contributed by atoms with Gasteiger partial charge in [-0.15, -0.1) is 0 Å². The van der Waals surface area contributed by atoms with Crippen LogP contribution in [0.1, 0.15) is 0 Å². The lowest BCUT2D eigenvalue weighted by Crippen LogP contribution is -2.45. The lowest BCUT2D eigenvalue weighted by Gasteiger charge is -2.26. The summed E-state index contributed by atoms with van der Waals surface area (Å²) < 4.78 is 44.8. The Balaban J connectivity index is 1.73. The van der Waals surface area contributed by atoms with Gasteiger partial charge in [-0.1, -0.05) is 0 Å². The lowest BCUT2D eigenvalue weighted by atomic mass is 10.2. The summed E-state index contributed by atoms with van der Waals surface area (Å²) in [6, 6.07) is 1.70. The highest BCUT2D eigenvalue weighted by Gasteiger charge is 2.15. The number of hydrogen-bond acceptors (Lipinski definition) is 4. The molecule has 1 heterocycles. The molecule has 1 fully saturated rings. The number of anilines is 1. The molecule has 1 aromatic carbocycles. The summed E-state index contributed by atoms with van der Waals surface area (Å²) >= 11 is 0. The van der Waals surface area contributed by atoms with Crippen molar-refractivity contribution in [2.24, 2.45) is 4.99 Å². The highest BCUT2D eigenvalue weighted by atomic mass is 19.2. The molecule has 1 aliphatic heterocycles. The molecule has 0 radical (unpaired) electrons. The number of rotatable bonds is 6. The maximum Gasteiger partial charge on any atom is 0.243 e. The van der Waals surface area contributed by atoms with Gasteiger partial charge in [0.1, 0.15) is 0 Å². The molecule has 1 aromatic rings. The number of morpholine rings is 1. The fourth-order valence-corrected chi connectivity index (χ4v) is 2.36. The van der Waals surface area contributed by atoms with Crippen LogP contribution in [0.4, 0.5) is 18.9 Å². The Morgan fingerprint density at radius 3 is 2.62 bits per heavy atom. The van der Waals surface area contributed by atoms with Gasteiger partial charge in [-0.2, -0.15) is 0 Å². The van der Waals surface area contributed by atoms with Crippen LogP contribution in [-0.4, -0.2) is 69.8 Å². The molecule has 0 saturated carbocycles. The zero-order chi connectivity index (χ0) is 18.9. The molecule has 3 N–H and O–H groups in total. The first-order valence-corrected chi connectivity index (χ1v) is 8.19. The number of nitrogens with one attached hydrogen (secondary N) is 3. The average molecular weight is 373 g/mol. The minimum atomic E-state index is -1.63. The van der Waals surface area contributed by atoms with Crippen LogP contribution in [0.15, 0.2) is 17.1 Å². The summed E-state index contributed by atoms with van der Waals surface area (Å²) in [6.45, 7) is 4.39. The predicted molar refractivity (Wildman–Crippen MR) is 91.6 cm³/mol. The molecule has 1 amide bonds. The van der Waals surface area contributed by atoms with Crippen molar-refractivity contribution in [3.63, 3.8) is 0 Å². The van der Waals surface area contributed by atoms with Crippen molar-refractivity contribution in [1.82, 2.24) is 15.5 Å². The van der Waals surface area contributed by atoms with E-state index in [-0.39, 0.29) is 6.54 Å². The molecule has 0 bridgehead atoms. The molecular formula is C16H22F3N5O2. The van der Waals surface area contributed by atoms with Crippen LogP contribution < -0.4 is 16.0 Å². The Labute approximate surface area is 149 Å². The van der Waals surface area contributed by atoms with Gasteiger partial charge < -0.3 is 20.7 Å². The van der Waals surface area contributed by atoms with Gasteiger partial charge in [-0.3, -0.25) is 14.7 Å². The van der Waals surface area contributed by atoms with Gasteiger partial charge >= 0.3 is 0 Å². The molecule has 144 valence electrons. The largest absolute Gasteiger partial charge is 0.379 e. The molecule has 0 aromatic heterocycles. The highest BCUT2D eigenvalue weighted by molar-refractivity contribution is 5.95. The SMILES string of the molecule is CN=C(NCCN1CCOCC1)NCC(=O)Nc1ccc(F)c(F)c1F. The van der Waals surface area contributed by atoms with Crippen molar-refractivity contribution in [1.29, 1.82) is 0 Å². The third-order valence-corrected chi connectivity index (χ3v) is 3.77. The number of guanidine groups is 1. The molecule has 10 heteroatoms. The van der Waals surface area contributed by atoms with Crippen LogP contribution in [0.25, 0.3) is 0 Å². The van der Waals surface area contributed by atoms with Gasteiger partial charge in [0.25, 0.3) is 0 Å². The first-order chi connectivity index (χ1) is 12.5. The molecule has 0 atom stereocenters. The van der Waals surface area contributed by atoms with E-state index in [0.717, 1.165) is 31.8 Å². The fraction of sp³-hybridized carbons (Fsp3) is 0.500. The summed E-state index contributed by atoms with van der Waals surface area (Å²) in [5, 5.41) is 8.00. The van der Waals surface area contributed by atoms with E-state index in [4.69, 9.17) is 4.74 Å². The van der Waals surface area contributed by atoms with E-state index in [2.05, 4.69) is 25.8 Å². The highest BCUT2D eigenvalue weighted by Crippen LogP contribution is 2.19. The van der Waals surface area contributed by atoms with Crippen LogP contribution in [0.2, 0.25) is 0 Å². The number of aliphatic imine (C=N–C) groups is 1. The second-order valence-electron chi connectivity index (χ2n) is 5.58. The summed E-state index contributed by atoms with van der Waals surface area (Å²) in [6.07, 6.45) is 0. The van der Waals surface area contributed by atoms with Gasteiger partial charge in [-0.05, 0) is 12.1 Å². The second kappa shape index (κ2) is 9.97. The number of carbonyl (C=O) groups is 1. The average Bonchev–Trinajstić information content (AvgIpc) is 2.66. The van der Waals surface area contributed by atoms with E-state index in [1.807, 2.05) is 0 Å². The van der Waals surface area contributed by atoms with Crippen molar-refractivity contribution in [2.45, 2.75) is 0 Å². The molecule has 7 nitrogen and oxygen atoms in total. The van der Waals surface area contributed by atoms with E-state index in [0.29, 0.717) is 25.7 Å². The predicted octanol–water partition coefficient (Wildman–Crippen LogP) is 0.540. The number of benzene rings is 1. The van der Waals surface area contributed by atoms with Crippen molar-refractivity contribution < 1.29 is 22.7 Å². The monoisotopic (exact) mass is 373 g/mol. The fourth-order valence-electron chi connectivity index (χ4n) is 2.36. The molecule has 2 rings (SSSR count). The van der Waals surface area contributed by atoms with Crippen LogP contribution in [0, 0.1) is 17.5 Å². The summed E-state index contributed by atoms with van der Waals surface area (Å²) in [5.74, 6) is -4.60. The zero-order valence-electron chi connectivity index (χ0n) is 14.4. The van der Waals surface area contributed by atoms with Gasteiger partial charge in [0.05, 0.1) is 25.4 Å². The standard InChI is InChI=1S/C16H22F3N5O2/c1-20-16(21-4-5-24-6-8-26-9-7-24)22-10-13(25)23-12-3-2-11(17)14(18)15(12)19/h2-3H,4-10H2,1H3,(H,23,25)(H2,20,21,22). The summed E-state index contributed by atoms with van der Waals surface area (Å²) in [4.78, 5) is 18.1. The number of ether oxygens (including phenoxy) is 1. The first kappa shape index (κ1) is 20.0. The normalized spacial score (nSPS) is 15.6. The minimum Gasteiger partial charge on any atom is -0.379 e. The number of halogens is 3. The van der Waals surface area contributed by atoms with E-state index in [1.165, 1.54) is 0 Å². The van der Waals surface area contributed by atoms with E-state index in [1.54, 1.807) is 7.05 Å².